The fraction of sp³-hybridized carbons (Fsp3) is 0.769. The highest BCUT2D eigenvalue weighted by Crippen LogP contribution is 2.38. The summed E-state index contributed by atoms with van der Waals surface area (Å²) in [5.74, 6) is -5.51. The van der Waals surface area contributed by atoms with Crippen LogP contribution < -0.4 is 0 Å². The van der Waals surface area contributed by atoms with Gasteiger partial charge in [0.1, 0.15) is 6.04 Å². The van der Waals surface area contributed by atoms with Crippen molar-refractivity contribution in [2.75, 3.05) is 24.7 Å². The van der Waals surface area contributed by atoms with Crippen LogP contribution in [0.4, 0.5) is 13.2 Å². The van der Waals surface area contributed by atoms with E-state index < -0.39 is 49.0 Å². The molecule has 2 aliphatic heterocycles. The molecule has 0 saturated carbocycles. The molecule has 0 aromatic rings. The van der Waals surface area contributed by atoms with Gasteiger partial charge < -0.3 is 14.9 Å². The molecule has 2 amide bonds. The highest BCUT2D eigenvalue weighted by molar-refractivity contribution is 7.99. The molecule has 0 radical (unpaired) electrons. The van der Waals surface area contributed by atoms with Gasteiger partial charge in [-0.05, 0) is 0 Å². The summed E-state index contributed by atoms with van der Waals surface area (Å²) in [6.07, 6.45) is -4.48. The van der Waals surface area contributed by atoms with Crippen LogP contribution in [0.15, 0.2) is 0 Å². The Kier molecular flexibility index (Phi) is 5.12. The fourth-order valence-electron chi connectivity index (χ4n) is 2.87. The average molecular weight is 354 g/mol. The number of carboxylic acids is 1. The third-order valence-corrected chi connectivity index (χ3v) is 5.17. The fourth-order valence-corrected chi connectivity index (χ4v) is 4.04. The minimum Gasteiger partial charge on any atom is -0.481 e. The molecule has 23 heavy (non-hydrogen) atoms. The number of amides is 2. The quantitative estimate of drug-likeness (QED) is 0.819. The Morgan fingerprint density at radius 1 is 1.26 bits per heavy atom. The summed E-state index contributed by atoms with van der Waals surface area (Å²) < 4.78 is 38.9. The molecule has 3 atom stereocenters. The van der Waals surface area contributed by atoms with Crippen LogP contribution in [-0.4, -0.2) is 69.6 Å². The number of likely N-dealkylation sites (tertiary alicyclic amines) is 1. The van der Waals surface area contributed by atoms with E-state index in [0.717, 1.165) is 4.90 Å². The Morgan fingerprint density at radius 3 is 2.39 bits per heavy atom. The minimum absolute atomic E-state index is 0.202. The molecule has 1 N–H and O–H groups in total. The van der Waals surface area contributed by atoms with Gasteiger partial charge in [-0.1, -0.05) is 6.92 Å². The van der Waals surface area contributed by atoms with Crippen molar-refractivity contribution in [3.63, 3.8) is 0 Å². The molecule has 10 heteroatoms. The summed E-state index contributed by atoms with van der Waals surface area (Å²) in [7, 11) is 0. The summed E-state index contributed by atoms with van der Waals surface area (Å²) in [6.45, 7) is 0.491. The number of hydrogen-bond donors (Lipinski definition) is 1. The zero-order chi connectivity index (χ0) is 17.4. The Balaban J connectivity index is 2.14. The maximum Gasteiger partial charge on any atom is 0.394 e. The zero-order valence-corrected chi connectivity index (χ0v) is 13.2. The van der Waals surface area contributed by atoms with Crippen LogP contribution in [0.25, 0.3) is 0 Å². The second-order valence-electron chi connectivity index (χ2n) is 5.57. The first kappa shape index (κ1) is 17.9. The first-order valence-corrected chi connectivity index (χ1v) is 8.27. The lowest BCUT2D eigenvalue weighted by Crippen LogP contribution is -2.48. The van der Waals surface area contributed by atoms with Crippen molar-refractivity contribution >= 4 is 29.5 Å². The SMILES string of the molecule is CCC(=O)N1CSCC1C(=O)N1C[C@@H](C(F)(F)F)[C@H](C(=O)O)C1. The molecule has 2 fully saturated rings. The number of alkyl halides is 3. The van der Waals surface area contributed by atoms with Gasteiger partial charge in [-0.15, -0.1) is 11.8 Å². The Morgan fingerprint density at radius 2 is 1.91 bits per heavy atom. The van der Waals surface area contributed by atoms with Gasteiger partial charge in [0.05, 0.1) is 17.7 Å². The number of hydrogen-bond acceptors (Lipinski definition) is 4. The van der Waals surface area contributed by atoms with E-state index in [1.54, 1.807) is 6.92 Å². The largest absolute Gasteiger partial charge is 0.481 e. The first-order valence-electron chi connectivity index (χ1n) is 7.12. The summed E-state index contributed by atoms with van der Waals surface area (Å²) >= 11 is 1.35. The molecule has 1 unspecified atom stereocenters. The summed E-state index contributed by atoms with van der Waals surface area (Å²) in [6, 6.07) is -0.811. The second kappa shape index (κ2) is 6.58. The number of halogens is 3. The van der Waals surface area contributed by atoms with E-state index >= 15 is 0 Å². The molecular formula is C13H17F3N2O4S. The van der Waals surface area contributed by atoms with E-state index in [0.29, 0.717) is 11.6 Å². The predicted molar refractivity (Wildman–Crippen MR) is 75.5 cm³/mol. The van der Waals surface area contributed by atoms with Crippen LogP contribution in [0.1, 0.15) is 13.3 Å². The highest BCUT2D eigenvalue weighted by atomic mass is 32.2. The number of aliphatic carboxylic acids is 1. The number of carbonyl (C=O) groups excluding carboxylic acids is 2. The average Bonchev–Trinajstić information content (AvgIpc) is 3.11. The van der Waals surface area contributed by atoms with E-state index in [9.17, 15) is 27.6 Å². The predicted octanol–water partition coefficient (Wildman–Crippen LogP) is 1.02. The highest BCUT2D eigenvalue weighted by Gasteiger charge is 2.54. The molecule has 0 aromatic heterocycles. The van der Waals surface area contributed by atoms with Crippen molar-refractivity contribution in [2.45, 2.75) is 25.6 Å². The third-order valence-electron chi connectivity index (χ3n) is 4.16. The number of carboxylic acid groups (broad SMARTS) is 1. The summed E-state index contributed by atoms with van der Waals surface area (Å²) in [5.41, 5.74) is 0. The van der Waals surface area contributed by atoms with Crippen LogP contribution in [0.3, 0.4) is 0 Å². The minimum atomic E-state index is -4.68. The van der Waals surface area contributed by atoms with Gasteiger partial charge in [-0.3, -0.25) is 14.4 Å². The molecule has 2 heterocycles. The molecule has 2 saturated heterocycles. The van der Waals surface area contributed by atoms with E-state index in [1.165, 1.54) is 16.7 Å². The molecule has 6 nitrogen and oxygen atoms in total. The number of rotatable bonds is 3. The van der Waals surface area contributed by atoms with Crippen LogP contribution in [0, 0.1) is 11.8 Å². The molecule has 0 aliphatic carbocycles. The molecule has 0 spiro atoms. The van der Waals surface area contributed by atoms with Crippen molar-refractivity contribution < 1.29 is 32.7 Å². The molecular weight excluding hydrogens is 337 g/mol. The van der Waals surface area contributed by atoms with Crippen LogP contribution in [-0.2, 0) is 14.4 Å². The lowest BCUT2D eigenvalue weighted by atomic mass is 9.96. The second-order valence-corrected chi connectivity index (χ2v) is 6.57. The number of nitrogens with zero attached hydrogens (tertiary/aromatic N) is 2. The topological polar surface area (TPSA) is 77.9 Å². The van der Waals surface area contributed by atoms with Gasteiger partial charge in [0, 0.05) is 25.3 Å². The van der Waals surface area contributed by atoms with Gasteiger partial charge in [0.15, 0.2) is 0 Å². The summed E-state index contributed by atoms with van der Waals surface area (Å²) in [4.78, 5) is 37.6. The monoisotopic (exact) mass is 354 g/mol. The van der Waals surface area contributed by atoms with Gasteiger partial charge in [-0.2, -0.15) is 13.2 Å². The van der Waals surface area contributed by atoms with Crippen LogP contribution in [0.5, 0.6) is 0 Å². The Hall–Kier alpha value is -1.45. The van der Waals surface area contributed by atoms with Crippen molar-refractivity contribution in [1.82, 2.24) is 9.80 Å². The van der Waals surface area contributed by atoms with Gasteiger partial charge in [-0.25, -0.2) is 0 Å². The normalized spacial score (nSPS) is 28.3. The smallest absolute Gasteiger partial charge is 0.394 e. The number of thioether (sulfide) groups is 1. The Labute approximate surface area is 135 Å². The standard InChI is InChI=1S/C13H17F3N2O4S/c1-2-10(19)18-6-23-5-9(18)11(20)17-3-7(12(21)22)8(4-17)13(14,15)16/h7-9H,2-6H2,1H3,(H,21,22)/t7-,8-,9?/m1/s1. The van der Waals surface area contributed by atoms with Gasteiger partial charge >= 0.3 is 12.1 Å². The maximum atomic E-state index is 13.0. The van der Waals surface area contributed by atoms with Crippen molar-refractivity contribution in [1.29, 1.82) is 0 Å². The molecule has 0 bridgehead atoms. The molecule has 2 aliphatic rings. The van der Waals surface area contributed by atoms with E-state index in [4.69, 9.17) is 5.11 Å². The lowest BCUT2D eigenvalue weighted by Gasteiger charge is -2.27. The molecule has 130 valence electrons. The molecule has 2 rings (SSSR count). The lowest BCUT2D eigenvalue weighted by molar-refractivity contribution is -0.188. The van der Waals surface area contributed by atoms with Crippen molar-refractivity contribution in [2.24, 2.45) is 11.8 Å². The van der Waals surface area contributed by atoms with Crippen molar-refractivity contribution in [3.8, 4) is 0 Å². The third kappa shape index (κ3) is 3.56. The van der Waals surface area contributed by atoms with E-state index in [-0.39, 0.29) is 12.3 Å². The number of carbonyl (C=O) groups is 3. The van der Waals surface area contributed by atoms with Crippen LogP contribution >= 0.6 is 11.8 Å². The maximum absolute atomic E-state index is 13.0. The molecule has 0 aromatic carbocycles. The zero-order valence-electron chi connectivity index (χ0n) is 12.4. The van der Waals surface area contributed by atoms with Crippen LogP contribution in [0.2, 0.25) is 0 Å². The first-order chi connectivity index (χ1) is 10.7. The van der Waals surface area contributed by atoms with Gasteiger partial charge in [0.25, 0.3) is 0 Å². The van der Waals surface area contributed by atoms with E-state index in [1.807, 2.05) is 0 Å². The van der Waals surface area contributed by atoms with E-state index in [2.05, 4.69) is 0 Å². The summed E-state index contributed by atoms with van der Waals surface area (Å²) in [5, 5.41) is 8.98. The van der Waals surface area contributed by atoms with Gasteiger partial charge in [0.2, 0.25) is 11.8 Å². The van der Waals surface area contributed by atoms with Crippen molar-refractivity contribution in [3.05, 3.63) is 0 Å². The Bertz CT molecular complexity index is 514.